The maximum Gasteiger partial charge on any atom is 0.482 e. The van der Waals surface area contributed by atoms with Gasteiger partial charge in [0.2, 0.25) is 5.91 Å². The van der Waals surface area contributed by atoms with Gasteiger partial charge in [-0.1, -0.05) is 26.0 Å². The highest BCUT2D eigenvalue weighted by molar-refractivity contribution is 6.48. The Hall–Kier alpha value is -4.77. The molecule has 4 N–H and O–H groups in total. The van der Waals surface area contributed by atoms with E-state index in [4.69, 9.17) is 24.5 Å². The Balaban J connectivity index is 1.37. The molecule has 7 rings (SSSR count). The molecule has 2 aliphatic heterocycles. The van der Waals surface area contributed by atoms with E-state index in [2.05, 4.69) is 24.5 Å². The molecule has 0 spiro atoms. The number of likely N-dealkylation sites (N-methyl/N-ethyl adjacent to an activating group) is 1. The molecule has 302 valence electrons. The summed E-state index contributed by atoms with van der Waals surface area (Å²) in [5, 5.41) is 5.11. The second kappa shape index (κ2) is 15.0. The van der Waals surface area contributed by atoms with E-state index in [0.717, 1.165) is 18.6 Å². The standard InChI is InChI=1S/C39H50BF2N5O9/c1-9-46-13-14-47(34(50)33(46)49)36(52)45-30(29-24(41)18-22(43)19-25(29)42)32(48)44-28(40-55-27-17-21-16-26(38(21,5)6)39(27,7)56-40)15-20-11-10-12-23(31(20)53-8)35(51)54-37(2,3)4/h10-12,18-19,21,26-28,30H,9,13-17,43H2,1-8H3,(H,44,48)(H,45,52)/t21-,26-,27+,28?,30?,39-/m0/s1. The summed E-state index contributed by atoms with van der Waals surface area (Å²) in [5.41, 5.74) is 3.57. The van der Waals surface area contributed by atoms with Crippen LogP contribution >= 0.6 is 0 Å². The van der Waals surface area contributed by atoms with Gasteiger partial charge in [0.25, 0.3) is 0 Å². The van der Waals surface area contributed by atoms with Crippen LogP contribution in [0.3, 0.4) is 0 Å². The van der Waals surface area contributed by atoms with E-state index in [1.165, 1.54) is 12.0 Å². The number of anilines is 1. The first-order valence-electron chi connectivity index (χ1n) is 18.9. The van der Waals surface area contributed by atoms with E-state index >= 15 is 8.78 Å². The number of methoxy groups -OCH3 is 1. The van der Waals surface area contributed by atoms with E-state index in [9.17, 15) is 24.0 Å². The zero-order chi connectivity index (χ0) is 41.1. The van der Waals surface area contributed by atoms with Crippen LogP contribution in [-0.2, 0) is 34.9 Å². The first-order chi connectivity index (χ1) is 26.2. The van der Waals surface area contributed by atoms with Crippen LogP contribution in [0.1, 0.15) is 88.8 Å². The fourth-order valence-electron chi connectivity index (χ4n) is 8.79. The molecule has 5 amide bonds. The molecule has 5 aliphatic rings. The van der Waals surface area contributed by atoms with E-state index in [1.807, 2.05) is 6.92 Å². The van der Waals surface area contributed by atoms with Crippen molar-refractivity contribution in [1.29, 1.82) is 0 Å². The quantitative estimate of drug-likeness (QED) is 0.138. The number of nitrogens with one attached hydrogen (secondary N) is 2. The molecule has 2 bridgehead atoms. The number of urea groups is 1. The largest absolute Gasteiger partial charge is 0.496 e. The lowest BCUT2D eigenvalue weighted by Crippen LogP contribution is -2.65. The molecular weight excluding hydrogens is 731 g/mol. The van der Waals surface area contributed by atoms with Gasteiger partial charge < -0.3 is 40.0 Å². The normalized spacial score (nSPS) is 25.2. The second-order valence-corrected chi connectivity index (χ2v) is 16.8. The predicted octanol–water partition coefficient (Wildman–Crippen LogP) is 3.95. The van der Waals surface area contributed by atoms with E-state index in [-0.39, 0.29) is 60.5 Å². The van der Waals surface area contributed by atoms with Crippen molar-refractivity contribution in [3.8, 4) is 5.75 Å². The first kappa shape index (κ1) is 40.9. The van der Waals surface area contributed by atoms with Gasteiger partial charge in [-0.2, -0.15) is 0 Å². The lowest BCUT2D eigenvalue weighted by molar-refractivity contribution is -0.199. The minimum absolute atomic E-state index is 0.0196. The number of hydrogen-bond donors (Lipinski definition) is 3. The predicted molar refractivity (Wildman–Crippen MR) is 200 cm³/mol. The number of nitrogens with zero attached hydrogens (tertiary/aromatic N) is 2. The van der Waals surface area contributed by atoms with Crippen LogP contribution in [0.25, 0.3) is 0 Å². The van der Waals surface area contributed by atoms with Gasteiger partial charge in [-0.25, -0.2) is 18.4 Å². The summed E-state index contributed by atoms with van der Waals surface area (Å²) in [6.45, 7) is 13.3. The molecule has 56 heavy (non-hydrogen) atoms. The second-order valence-electron chi connectivity index (χ2n) is 16.8. The third-order valence-corrected chi connectivity index (χ3v) is 11.8. The number of carbonyl (C=O) groups is 5. The number of amides is 5. The van der Waals surface area contributed by atoms with Gasteiger partial charge in [-0.3, -0.25) is 19.3 Å². The molecule has 2 unspecified atom stereocenters. The number of para-hydroxylation sites is 1. The van der Waals surface area contributed by atoms with Gasteiger partial charge >= 0.3 is 30.9 Å². The molecular formula is C39H50BF2N5O9. The van der Waals surface area contributed by atoms with Crippen LogP contribution in [0.4, 0.5) is 19.3 Å². The number of rotatable bonds is 10. The van der Waals surface area contributed by atoms with Crippen molar-refractivity contribution in [2.24, 2.45) is 17.3 Å². The van der Waals surface area contributed by atoms with Crippen molar-refractivity contribution in [2.45, 2.75) is 97.0 Å². The summed E-state index contributed by atoms with van der Waals surface area (Å²) in [7, 11) is 0.288. The summed E-state index contributed by atoms with van der Waals surface area (Å²) >= 11 is 0. The highest BCUT2D eigenvalue weighted by Gasteiger charge is 2.68. The smallest absolute Gasteiger partial charge is 0.482 e. The lowest BCUT2D eigenvalue weighted by Gasteiger charge is -2.64. The molecule has 5 fully saturated rings. The van der Waals surface area contributed by atoms with Gasteiger partial charge in [0, 0.05) is 25.3 Å². The van der Waals surface area contributed by atoms with Gasteiger partial charge in [-0.05, 0) is 94.9 Å². The number of ether oxygens (including phenoxy) is 2. The van der Waals surface area contributed by atoms with E-state index in [1.54, 1.807) is 45.9 Å². The molecule has 2 heterocycles. The van der Waals surface area contributed by atoms with Gasteiger partial charge in [0.15, 0.2) is 0 Å². The van der Waals surface area contributed by atoms with Crippen molar-refractivity contribution in [3.05, 3.63) is 58.7 Å². The van der Waals surface area contributed by atoms with Crippen molar-refractivity contribution in [3.63, 3.8) is 0 Å². The van der Waals surface area contributed by atoms with Gasteiger partial charge in [0.05, 0.1) is 30.3 Å². The summed E-state index contributed by atoms with van der Waals surface area (Å²) < 4.78 is 55.9. The SMILES string of the molecule is CCN1CCN(C(=O)NC(C(=O)NC(Cc2cccc(C(=O)OC(C)(C)C)c2OC)B2O[C@@H]3C[C@@H]4C[C@@H](C4(C)C)[C@]3(C)O2)c2c(F)cc(N)cc2F)C(=O)C1=O. The molecule has 3 aliphatic carbocycles. The van der Waals surface area contributed by atoms with E-state index < -0.39 is 77.2 Å². The number of carbonyl (C=O) groups excluding carboxylic acids is 5. The zero-order valence-corrected chi connectivity index (χ0v) is 33.0. The van der Waals surface area contributed by atoms with Crippen molar-refractivity contribution < 1.29 is 51.5 Å². The highest BCUT2D eigenvalue weighted by Crippen LogP contribution is 2.65. The molecule has 6 atom stereocenters. The maximum atomic E-state index is 15.6. The number of halogens is 2. The molecule has 0 aromatic heterocycles. The fraction of sp³-hybridized carbons (Fsp3) is 0.564. The van der Waals surface area contributed by atoms with Gasteiger partial charge in [0.1, 0.15) is 34.6 Å². The Morgan fingerprint density at radius 1 is 1.05 bits per heavy atom. The number of piperazine rings is 1. The number of imide groups is 1. The minimum atomic E-state index is -2.07. The lowest BCUT2D eigenvalue weighted by atomic mass is 9.43. The highest BCUT2D eigenvalue weighted by atomic mass is 19.1. The Labute approximate surface area is 325 Å². The molecule has 2 aromatic carbocycles. The summed E-state index contributed by atoms with van der Waals surface area (Å²) in [4.78, 5) is 68.8. The zero-order valence-electron chi connectivity index (χ0n) is 33.0. The molecule has 2 saturated heterocycles. The van der Waals surface area contributed by atoms with E-state index in [0.29, 0.717) is 22.8 Å². The van der Waals surface area contributed by atoms with Crippen molar-refractivity contribution in [1.82, 2.24) is 20.4 Å². The Kier molecular flexibility index (Phi) is 10.9. The third kappa shape index (κ3) is 7.42. The summed E-state index contributed by atoms with van der Waals surface area (Å²) in [6, 6.07) is 3.17. The third-order valence-electron chi connectivity index (χ3n) is 11.8. The molecule has 0 radical (unpaired) electrons. The van der Waals surface area contributed by atoms with Crippen molar-refractivity contribution >= 4 is 42.5 Å². The monoisotopic (exact) mass is 781 g/mol. The average molecular weight is 782 g/mol. The maximum absolute atomic E-state index is 15.6. The number of benzene rings is 2. The van der Waals surface area contributed by atoms with Crippen molar-refractivity contribution in [2.75, 3.05) is 32.5 Å². The van der Waals surface area contributed by atoms with Crippen LogP contribution in [-0.4, -0.2) is 96.6 Å². The fourth-order valence-corrected chi connectivity index (χ4v) is 8.79. The number of nitrogens with two attached hydrogens (primary N) is 1. The van der Waals surface area contributed by atoms with Crippen LogP contribution in [0.15, 0.2) is 30.3 Å². The van der Waals surface area contributed by atoms with Crippen LogP contribution < -0.4 is 21.1 Å². The number of hydrogen-bond acceptors (Lipinski definition) is 10. The Morgan fingerprint density at radius 3 is 2.34 bits per heavy atom. The number of esters is 1. The minimum Gasteiger partial charge on any atom is -0.496 e. The molecule has 14 nitrogen and oxygen atoms in total. The van der Waals surface area contributed by atoms with Crippen LogP contribution in [0.5, 0.6) is 5.75 Å². The topological polar surface area (TPSA) is 179 Å². The average Bonchev–Trinajstić information content (AvgIpc) is 3.48. The van der Waals surface area contributed by atoms with Gasteiger partial charge in [-0.15, -0.1) is 0 Å². The molecule has 17 heteroatoms. The Bertz CT molecular complexity index is 1920. The summed E-state index contributed by atoms with van der Waals surface area (Å²) in [5.74, 6) is -6.69. The van der Waals surface area contributed by atoms with Crippen LogP contribution in [0.2, 0.25) is 0 Å². The summed E-state index contributed by atoms with van der Waals surface area (Å²) in [6.07, 6.45) is 1.26. The van der Waals surface area contributed by atoms with Crippen LogP contribution in [0, 0.1) is 28.9 Å². The Morgan fingerprint density at radius 2 is 1.73 bits per heavy atom. The molecule has 3 saturated carbocycles. The number of nitrogen functional groups attached to an aromatic ring is 1. The first-order valence-corrected chi connectivity index (χ1v) is 18.9. The molecule has 2 aromatic rings.